The molecule has 1 aliphatic rings. The lowest BCUT2D eigenvalue weighted by Crippen LogP contribution is -2.22. The van der Waals surface area contributed by atoms with Crippen LogP contribution < -0.4 is 4.74 Å². The van der Waals surface area contributed by atoms with E-state index in [4.69, 9.17) is 33.0 Å². The van der Waals surface area contributed by atoms with Crippen LogP contribution in [0.2, 0.25) is 5.02 Å². The topological polar surface area (TPSA) is 42.7 Å². The summed E-state index contributed by atoms with van der Waals surface area (Å²) in [5.41, 5.74) is 0.832. The lowest BCUT2D eigenvalue weighted by atomic mass is 10.2. The molecule has 3 rings (SSSR count). The largest absolute Gasteiger partial charge is 0.495 e. The van der Waals surface area contributed by atoms with Gasteiger partial charge in [0, 0.05) is 18.7 Å². The standard InChI is InChI=1S/C16H12ClNO3S2/c1-18-15(19)14(23-16(18)22)8-10-4-6-12(21-10)9-3-5-13(20-2)11(17)7-9/h3-8H,1-2H3/b14-8+. The van der Waals surface area contributed by atoms with Crippen LogP contribution >= 0.6 is 35.6 Å². The zero-order valence-electron chi connectivity index (χ0n) is 12.3. The number of hydrogen-bond acceptors (Lipinski definition) is 5. The Morgan fingerprint density at radius 3 is 2.74 bits per heavy atom. The first-order chi connectivity index (χ1) is 11.0. The fourth-order valence-corrected chi connectivity index (χ4v) is 3.50. The second-order valence-electron chi connectivity index (χ2n) is 4.79. The molecule has 1 aliphatic heterocycles. The summed E-state index contributed by atoms with van der Waals surface area (Å²) in [6, 6.07) is 9.04. The minimum atomic E-state index is -0.120. The van der Waals surface area contributed by atoms with Crippen LogP contribution in [0.3, 0.4) is 0 Å². The number of furan rings is 1. The molecule has 0 saturated carbocycles. The smallest absolute Gasteiger partial charge is 0.266 e. The van der Waals surface area contributed by atoms with Gasteiger partial charge in [-0.1, -0.05) is 35.6 Å². The molecule has 1 aromatic carbocycles. The predicted molar refractivity (Wildman–Crippen MR) is 96.6 cm³/mol. The summed E-state index contributed by atoms with van der Waals surface area (Å²) in [5.74, 6) is 1.73. The molecular formula is C16H12ClNO3S2. The van der Waals surface area contributed by atoms with Crippen molar-refractivity contribution in [3.63, 3.8) is 0 Å². The van der Waals surface area contributed by atoms with E-state index in [9.17, 15) is 4.79 Å². The van der Waals surface area contributed by atoms with Crippen molar-refractivity contribution in [1.82, 2.24) is 4.90 Å². The Balaban J connectivity index is 1.88. The van der Waals surface area contributed by atoms with Gasteiger partial charge in [-0.2, -0.15) is 0 Å². The van der Waals surface area contributed by atoms with E-state index in [1.807, 2.05) is 12.1 Å². The maximum atomic E-state index is 12.0. The van der Waals surface area contributed by atoms with Gasteiger partial charge in [0.05, 0.1) is 17.0 Å². The van der Waals surface area contributed by atoms with Gasteiger partial charge in [-0.05, 0) is 30.3 Å². The molecule has 0 unspecified atom stereocenters. The van der Waals surface area contributed by atoms with E-state index < -0.39 is 0 Å². The van der Waals surface area contributed by atoms with Gasteiger partial charge >= 0.3 is 0 Å². The van der Waals surface area contributed by atoms with E-state index in [-0.39, 0.29) is 5.91 Å². The maximum Gasteiger partial charge on any atom is 0.266 e. The highest BCUT2D eigenvalue weighted by molar-refractivity contribution is 8.26. The predicted octanol–water partition coefficient (Wildman–Crippen LogP) is 4.44. The molecular weight excluding hydrogens is 354 g/mol. The Hall–Kier alpha value is -1.76. The maximum absolute atomic E-state index is 12.0. The fraction of sp³-hybridized carbons (Fsp3) is 0.125. The van der Waals surface area contributed by atoms with E-state index in [1.165, 1.54) is 16.7 Å². The highest BCUT2D eigenvalue weighted by Gasteiger charge is 2.29. The van der Waals surface area contributed by atoms with Crippen LogP contribution in [0.5, 0.6) is 5.75 Å². The summed E-state index contributed by atoms with van der Waals surface area (Å²) >= 11 is 12.5. The Bertz CT molecular complexity index is 828. The molecule has 1 amide bonds. The molecule has 4 nitrogen and oxygen atoms in total. The molecule has 1 aromatic heterocycles. The highest BCUT2D eigenvalue weighted by atomic mass is 35.5. The van der Waals surface area contributed by atoms with Gasteiger partial charge in [0.1, 0.15) is 21.6 Å². The van der Waals surface area contributed by atoms with Gasteiger partial charge < -0.3 is 9.15 Å². The van der Waals surface area contributed by atoms with Gasteiger partial charge in [-0.3, -0.25) is 9.69 Å². The third-order valence-corrected chi connectivity index (χ3v) is 5.10. The number of benzene rings is 1. The normalized spacial score (nSPS) is 16.5. The number of methoxy groups -OCH3 is 1. The molecule has 1 saturated heterocycles. The van der Waals surface area contributed by atoms with E-state index >= 15 is 0 Å². The second-order valence-corrected chi connectivity index (χ2v) is 6.88. The van der Waals surface area contributed by atoms with Gasteiger partial charge in [0.15, 0.2) is 0 Å². The summed E-state index contributed by atoms with van der Waals surface area (Å²) < 4.78 is 11.4. The molecule has 0 bridgehead atoms. The third kappa shape index (κ3) is 3.15. The van der Waals surface area contributed by atoms with Gasteiger partial charge in [-0.25, -0.2) is 0 Å². The fourth-order valence-electron chi connectivity index (χ4n) is 2.08. The molecule has 0 N–H and O–H groups in total. The average Bonchev–Trinajstić information content (AvgIpc) is 3.09. The zero-order chi connectivity index (χ0) is 16.6. The SMILES string of the molecule is COc1ccc(-c2ccc(/C=C3/SC(=S)N(C)C3=O)o2)cc1Cl. The van der Waals surface area contributed by atoms with Crippen molar-refractivity contribution >= 4 is 51.9 Å². The van der Waals surface area contributed by atoms with Crippen LogP contribution in [0.1, 0.15) is 5.76 Å². The first-order valence-corrected chi connectivity index (χ1v) is 8.25. The van der Waals surface area contributed by atoms with Gasteiger partial charge in [0.2, 0.25) is 0 Å². The van der Waals surface area contributed by atoms with Crippen molar-refractivity contribution < 1.29 is 13.9 Å². The number of thioether (sulfide) groups is 1. The number of likely N-dealkylation sites (N-methyl/N-ethyl adjacent to an activating group) is 1. The molecule has 0 radical (unpaired) electrons. The van der Waals surface area contributed by atoms with Crippen LogP contribution in [-0.2, 0) is 4.79 Å². The van der Waals surface area contributed by atoms with Crippen molar-refractivity contribution in [2.45, 2.75) is 0 Å². The Morgan fingerprint density at radius 1 is 1.35 bits per heavy atom. The molecule has 2 aromatic rings. The molecule has 118 valence electrons. The number of rotatable bonds is 3. The number of ether oxygens (including phenoxy) is 1. The first-order valence-electron chi connectivity index (χ1n) is 6.65. The quantitative estimate of drug-likeness (QED) is 0.594. The zero-order valence-corrected chi connectivity index (χ0v) is 14.7. The number of halogens is 1. The van der Waals surface area contributed by atoms with E-state index in [0.29, 0.717) is 31.5 Å². The molecule has 7 heteroatoms. The van der Waals surface area contributed by atoms with Crippen LogP contribution in [-0.4, -0.2) is 29.3 Å². The molecule has 0 atom stereocenters. The van der Waals surface area contributed by atoms with Crippen LogP contribution in [0.4, 0.5) is 0 Å². The summed E-state index contributed by atoms with van der Waals surface area (Å²) in [5, 5.41) is 0.509. The second kappa shape index (κ2) is 6.39. The summed E-state index contributed by atoms with van der Waals surface area (Å²) in [7, 11) is 3.22. The monoisotopic (exact) mass is 365 g/mol. The van der Waals surface area contributed by atoms with Crippen LogP contribution in [0.15, 0.2) is 39.7 Å². The van der Waals surface area contributed by atoms with Crippen LogP contribution in [0.25, 0.3) is 17.4 Å². The average molecular weight is 366 g/mol. The Labute approximate surface area is 148 Å². The lowest BCUT2D eigenvalue weighted by molar-refractivity contribution is -0.121. The minimum Gasteiger partial charge on any atom is -0.495 e. The van der Waals surface area contributed by atoms with E-state index in [1.54, 1.807) is 38.4 Å². The number of amides is 1. The number of thiocarbonyl (C=S) groups is 1. The van der Waals surface area contributed by atoms with Crippen LogP contribution in [0, 0.1) is 0 Å². The molecule has 23 heavy (non-hydrogen) atoms. The summed E-state index contributed by atoms with van der Waals surface area (Å²) in [6.07, 6.45) is 1.69. The summed E-state index contributed by atoms with van der Waals surface area (Å²) in [4.78, 5) is 14.0. The van der Waals surface area contributed by atoms with Crippen molar-refractivity contribution in [1.29, 1.82) is 0 Å². The summed E-state index contributed by atoms with van der Waals surface area (Å²) in [6.45, 7) is 0. The number of carbonyl (C=O) groups excluding carboxylic acids is 1. The third-order valence-electron chi connectivity index (χ3n) is 3.32. The number of hydrogen-bond donors (Lipinski definition) is 0. The van der Waals surface area contributed by atoms with Crippen molar-refractivity contribution in [3.8, 4) is 17.1 Å². The van der Waals surface area contributed by atoms with E-state index in [0.717, 1.165) is 5.56 Å². The lowest BCUT2D eigenvalue weighted by Gasteiger charge is -2.04. The Morgan fingerprint density at radius 2 is 2.13 bits per heavy atom. The molecule has 0 aliphatic carbocycles. The molecule has 0 spiro atoms. The Kier molecular flexibility index (Phi) is 4.48. The highest BCUT2D eigenvalue weighted by Crippen LogP contribution is 2.34. The number of carbonyl (C=O) groups is 1. The van der Waals surface area contributed by atoms with Crippen molar-refractivity contribution in [3.05, 3.63) is 46.0 Å². The minimum absolute atomic E-state index is 0.120. The van der Waals surface area contributed by atoms with Crippen molar-refractivity contribution in [2.24, 2.45) is 0 Å². The van der Waals surface area contributed by atoms with E-state index in [2.05, 4.69) is 0 Å². The van der Waals surface area contributed by atoms with Gasteiger partial charge in [-0.15, -0.1) is 0 Å². The first kappa shape index (κ1) is 16.1. The molecule has 1 fully saturated rings. The molecule has 2 heterocycles. The van der Waals surface area contributed by atoms with Crippen molar-refractivity contribution in [2.75, 3.05) is 14.2 Å². The number of nitrogens with zero attached hydrogens (tertiary/aromatic N) is 1. The van der Waals surface area contributed by atoms with Gasteiger partial charge in [0.25, 0.3) is 5.91 Å².